The maximum Gasteiger partial charge on any atom is 0.408 e. The van der Waals surface area contributed by atoms with E-state index in [1.165, 1.54) is 30.8 Å². The van der Waals surface area contributed by atoms with Crippen LogP contribution in [0, 0.1) is 29.5 Å². The molecule has 2 N–H and O–H groups in total. The summed E-state index contributed by atoms with van der Waals surface area (Å²) in [5, 5.41) is 15.1. The molecule has 58 heavy (non-hydrogen) atoms. The van der Waals surface area contributed by atoms with Gasteiger partial charge >= 0.3 is 12.1 Å². The molecule has 3 fully saturated rings. The second-order valence-corrected chi connectivity index (χ2v) is 17.7. The Morgan fingerprint density at radius 1 is 1.07 bits per heavy atom. The lowest BCUT2D eigenvalue weighted by Crippen LogP contribution is -2.59. The summed E-state index contributed by atoms with van der Waals surface area (Å²) in [7, 11) is 5.34. The molecule has 0 bridgehead atoms. The van der Waals surface area contributed by atoms with E-state index in [9.17, 15) is 23.9 Å². The molecular weight excluding hydrogens is 768 g/mol. The van der Waals surface area contributed by atoms with Gasteiger partial charge in [0.15, 0.2) is 22.8 Å². The smallest absolute Gasteiger partial charge is 0.408 e. The number of alkyl carbamates (subject to hydrolysis) is 1. The number of ketones is 1. The lowest BCUT2D eigenvalue weighted by atomic mass is 9.72. The van der Waals surface area contributed by atoms with Gasteiger partial charge in [-0.15, -0.1) is 0 Å². The largest absolute Gasteiger partial charge is 0.458 e. The molecule has 0 radical (unpaired) electrons. The van der Waals surface area contributed by atoms with Crippen molar-refractivity contribution in [3.05, 3.63) is 54.0 Å². The van der Waals surface area contributed by atoms with Gasteiger partial charge in [-0.3, -0.25) is 9.59 Å². The molecule has 1 amide bonds. The summed E-state index contributed by atoms with van der Waals surface area (Å²) in [6, 6.07) is 7.00. The summed E-state index contributed by atoms with van der Waals surface area (Å²) >= 11 is 1.42. The molecule has 1 aromatic heterocycles. The van der Waals surface area contributed by atoms with Crippen molar-refractivity contribution in [1.29, 1.82) is 0 Å². The Bertz CT molecular complexity index is 1800. The summed E-state index contributed by atoms with van der Waals surface area (Å²) in [4.78, 5) is 52.5. The van der Waals surface area contributed by atoms with Crippen LogP contribution in [-0.4, -0.2) is 119 Å². The Kier molecular flexibility index (Phi) is 14.8. The van der Waals surface area contributed by atoms with Crippen molar-refractivity contribution in [2.45, 2.75) is 134 Å². The minimum Gasteiger partial charge on any atom is -0.458 e. The molecule has 1 aromatic carbocycles. The number of aromatic nitrogens is 2. The number of methoxy groups -OCH3 is 1. The van der Waals surface area contributed by atoms with E-state index in [4.69, 9.17) is 28.7 Å². The van der Waals surface area contributed by atoms with Crippen molar-refractivity contribution < 1.29 is 47.6 Å². The first-order chi connectivity index (χ1) is 27.3. The number of benzene rings is 1. The number of fused-ring (bicyclic) bond motifs is 1. The van der Waals surface area contributed by atoms with E-state index in [2.05, 4.69) is 23.3 Å². The van der Waals surface area contributed by atoms with Crippen LogP contribution in [0.5, 0.6) is 0 Å². The van der Waals surface area contributed by atoms with Crippen LogP contribution in [0.4, 0.5) is 9.18 Å². The normalized spacial score (nSPS) is 37.2. The number of hydrogen-bond acceptors (Lipinski definition) is 13. The highest BCUT2D eigenvalue weighted by Gasteiger charge is 2.56. The van der Waals surface area contributed by atoms with Crippen LogP contribution in [-0.2, 0) is 33.3 Å². The number of hydrogen-bond donors (Lipinski definition) is 2. The number of cyclic esters (lactones) is 1. The van der Waals surface area contributed by atoms with Gasteiger partial charge in [-0.05, 0) is 97.3 Å². The average Bonchev–Trinajstić information content (AvgIpc) is 3.51. The molecule has 3 aliphatic rings. The number of carbonyl (C=O) groups is 3. The van der Waals surface area contributed by atoms with E-state index in [-0.39, 0.29) is 29.8 Å². The first kappa shape index (κ1) is 45.6. The molecule has 0 aliphatic carbocycles. The number of amides is 1. The first-order valence-electron chi connectivity index (χ1n) is 20.2. The zero-order chi connectivity index (χ0) is 42.7. The third kappa shape index (κ3) is 9.76. The Hall–Kier alpha value is -3.47. The maximum absolute atomic E-state index is 14.4. The number of thioether (sulfide) groups is 1. The molecule has 2 aromatic rings. The van der Waals surface area contributed by atoms with Crippen LogP contribution >= 0.6 is 11.8 Å². The Labute approximate surface area is 346 Å². The molecule has 13 nitrogen and oxygen atoms in total. The van der Waals surface area contributed by atoms with Crippen molar-refractivity contribution in [2.75, 3.05) is 27.0 Å². The fraction of sp³-hybridized carbons (Fsp3) is 0.651. The van der Waals surface area contributed by atoms with Gasteiger partial charge in [-0.1, -0.05) is 51.1 Å². The number of nitrogens with zero attached hydrogens (tertiary/aromatic N) is 3. The number of carbonyl (C=O) groups excluding carboxylic acids is 3. The number of esters is 1. The molecule has 320 valence electrons. The summed E-state index contributed by atoms with van der Waals surface area (Å²) in [5.41, 5.74) is -0.0715. The number of halogens is 1. The Balaban J connectivity index is 1.57. The number of aliphatic hydroxyl groups is 1. The number of Topliss-reactive ketones (excluding diaryl/α,β-unsaturated/α-hetero) is 1. The minimum absolute atomic E-state index is 0.240. The van der Waals surface area contributed by atoms with Gasteiger partial charge in [0.1, 0.15) is 23.9 Å². The van der Waals surface area contributed by atoms with Crippen LogP contribution in [0.1, 0.15) is 74.7 Å². The monoisotopic (exact) mass is 828 g/mol. The van der Waals surface area contributed by atoms with E-state index >= 15 is 0 Å². The van der Waals surface area contributed by atoms with E-state index in [1.807, 2.05) is 46.7 Å². The number of ether oxygens (including phenoxy) is 5. The standard InChI is InChI=1S/C43H61FN4O9S/c1-12-33-43(8)36(47-41(52)57-43)25(4)30(18-20-58-40-45-19-17-31(46-40)28-13-15-29(44)16-14-28)23(2)22-42(7,53-11)37(26(5)34(49)27(6)38(51)55-33)56-39-35(50)32(48(9)10)21-24(3)54-39/h13-19,23-27,32-33,35-37,39,50H,12,20-22H2,1-11H3,(H,47,52)/b30-18+/t23-,24-,25+,26+,27-,32+,33-,35-,36+,37-,39+,42-,43-/m1/s1. The predicted octanol–water partition coefficient (Wildman–Crippen LogP) is 6.22. The molecule has 5 rings (SSSR count). The lowest BCUT2D eigenvalue weighted by molar-refractivity contribution is -0.295. The van der Waals surface area contributed by atoms with Gasteiger partial charge in [0.2, 0.25) is 0 Å². The van der Waals surface area contributed by atoms with E-state index in [1.54, 1.807) is 45.4 Å². The fourth-order valence-electron chi connectivity index (χ4n) is 9.02. The molecule has 13 atom stereocenters. The van der Waals surface area contributed by atoms with Crippen molar-refractivity contribution in [3.63, 3.8) is 0 Å². The molecule has 0 unspecified atom stereocenters. The van der Waals surface area contributed by atoms with Gasteiger partial charge in [0.25, 0.3) is 0 Å². The fourth-order valence-corrected chi connectivity index (χ4v) is 9.74. The SMILES string of the molecule is CC[C@H]1OC(=O)[C@H](C)C(=O)[C@H](C)[C@@H](O[C@@H]2O[C@H](C)C[C@H](N(C)C)[C@H]2O)[C@](C)(OC)C[C@@H](C)/C(=C\CSc2nccc(-c3ccc(F)cc3)n2)[C@H](C)[C@@H]2NC(=O)O[C@]12C. The number of nitrogens with one attached hydrogen (secondary N) is 1. The van der Waals surface area contributed by atoms with Crippen LogP contribution in [0.2, 0.25) is 0 Å². The van der Waals surface area contributed by atoms with Gasteiger partial charge in [-0.25, -0.2) is 19.2 Å². The zero-order valence-corrected chi connectivity index (χ0v) is 36.4. The molecule has 15 heteroatoms. The Morgan fingerprint density at radius 3 is 2.40 bits per heavy atom. The van der Waals surface area contributed by atoms with Crippen LogP contribution < -0.4 is 5.32 Å². The zero-order valence-electron chi connectivity index (χ0n) is 35.6. The van der Waals surface area contributed by atoms with Crippen LogP contribution in [0.3, 0.4) is 0 Å². The highest BCUT2D eigenvalue weighted by atomic mass is 32.2. The lowest BCUT2D eigenvalue weighted by Gasteiger charge is -2.47. The second-order valence-electron chi connectivity index (χ2n) is 16.7. The summed E-state index contributed by atoms with van der Waals surface area (Å²) in [6.45, 7) is 14.7. The first-order valence-corrected chi connectivity index (χ1v) is 21.2. The third-order valence-corrected chi connectivity index (χ3v) is 13.2. The van der Waals surface area contributed by atoms with Gasteiger partial charge < -0.3 is 39.0 Å². The molecular formula is C43H61FN4O9S. The van der Waals surface area contributed by atoms with Crippen LogP contribution in [0.15, 0.2) is 53.3 Å². The molecule has 3 aliphatic heterocycles. The third-order valence-electron chi connectivity index (χ3n) is 12.4. The Morgan fingerprint density at radius 2 is 1.76 bits per heavy atom. The number of aliphatic hydroxyl groups excluding tert-OH is 1. The highest BCUT2D eigenvalue weighted by molar-refractivity contribution is 7.99. The van der Waals surface area contributed by atoms with Gasteiger partial charge in [0.05, 0.1) is 29.5 Å². The summed E-state index contributed by atoms with van der Waals surface area (Å²) in [6.07, 6.45) is 0.149. The molecule has 3 saturated heterocycles. The van der Waals surface area contributed by atoms with Gasteiger partial charge in [0, 0.05) is 42.5 Å². The van der Waals surface area contributed by atoms with Crippen molar-refractivity contribution >= 4 is 29.6 Å². The summed E-state index contributed by atoms with van der Waals surface area (Å²) < 4.78 is 45.0. The van der Waals surface area contributed by atoms with Crippen molar-refractivity contribution in [1.82, 2.24) is 20.2 Å². The van der Waals surface area contributed by atoms with E-state index in [0.29, 0.717) is 35.9 Å². The van der Waals surface area contributed by atoms with E-state index in [0.717, 1.165) is 11.1 Å². The highest BCUT2D eigenvalue weighted by Crippen LogP contribution is 2.43. The topological polar surface area (TPSA) is 159 Å². The number of rotatable bonds is 9. The molecule has 0 saturated carbocycles. The van der Waals surface area contributed by atoms with Crippen molar-refractivity contribution in [3.8, 4) is 11.3 Å². The van der Waals surface area contributed by atoms with E-state index < -0.39 is 71.5 Å². The minimum atomic E-state index is -1.28. The maximum atomic E-state index is 14.4. The average molecular weight is 829 g/mol. The summed E-state index contributed by atoms with van der Waals surface area (Å²) in [5.74, 6) is -3.74. The number of likely N-dealkylation sites (N-methyl/N-ethyl adjacent to an activating group) is 1. The molecule has 0 spiro atoms. The van der Waals surface area contributed by atoms with Crippen molar-refractivity contribution in [2.24, 2.45) is 23.7 Å². The van der Waals surface area contributed by atoms with Crippen LogP contribution in [0.25, 0.3) is 11.3 Å². The van der Waals surface area contributed by atoms with Gasteiger partial charge in [-0.2, -0.15) is 0 Å². The predicted molar refractivity (Wildman–Crippen MR) is 217 cm³/mol. The second kappa shape index (κ2) is 18.8. The molecule has 4 heterocycles. The quantitative estimate of drug-likeness (QED) is 0.0966.